The minimum Gasteiger partial charge on any atom is -0.617 e. The van der Waals surface area contributed by atoms with Gasteiger partial charge in [0.15, 0.2) is 0 Å². The van der Waals surface area contributed by atoms with Crippen LogP contribution in [0, 0.1) is 0 Å². The number of methoxy groups -OCH3 is 1. The predicted octanol–water partition coefficient (Wildman–Crippen LogP) is -2.75. The summed E-state index contributed by atoms with van der Waals surface area (Å²) in [5.74, 6) is -0.236. The molecule has 0 bridgehead atoms. The summed E-state index contributed by atoms with van der Waals surface area (Å²) >= 11 is 0. The Morgan fingerprint density at radius 3 is 1.75 bits per heavy atom. The third kappa shape index (κ3) is 5.12. The van der Waals surface area contributed by atoms with Crippen LogP contribution < -0.4 is 56.5 Å². The zero-order valence-electron chi connectivity index (χ0n) is 5.82. The second kappa shape index (κ2) is 6.10. The smallest absolute Gasteiger partial charge is 0.617 e. The van der Waals surface area contributed by atoms with Crippen molar-refractivity contribution in [1.29, 1.82) is 0 Å². The molecule has 0 saturated heterocycles. The molecular formula is C5H9KO2. The summed E-state index contributed by atoms with van der Waals surface area (Å²) in [4.78, 5) is 0. The van der Waals surface area contributed by atoms with Gasteiger partial charge in [-0.25, -0.2) is 0 Å². The van der Waals surface area contributed by atoms with Crippen molar-refractivity contribution >= 4 is 0 Å². The quantitative estimate of drug-likeness (QED) is 0.292. The van der Waals surface area contributed by atoms with E-state index in [0.29, 0.717) is 5.57 Å². The Balaban J connectivity index is 0. The van der Waals surface area contributed by atoms with Crippen molar-refractivity contribution < 1.29 is 61.2 Å². The van der Waals surface area contributed by atoms with E-state index in [2.05, 4.69) is 4.74 Å². The fourth-order valence-corrected chi connectivity index (χ4v) is 0.204. The van der Waals surface area contributed by atoms with Crippen molar-refractivity contribution in [1.82, 2.24) is 0 Å². The first-order valence-electron chi connectivity index (χ1n) is 2.07. The maximum Gasteiger partial charge on any atom is 1.00 e. The maximum absolute atomic E-state index is 10.3. The molecule has 0 aliphatic rings. The Hall–Kier alpha value is 0.976. The first-order valence-corrected chi connectivity index (χ1v) is 2.07. The van der Waals surface area contributed by atoms with Crippen molar-refractivity contribution in [2.75, 3.05) is 7.11 Å². The van der Waals surface area contributed by atoms with Crippen molar-refractivity contribution in [3.63, 3.8) is 0 Å². The standard InChI is InChI=1S/C5H10O2.K/c1-4(2)5(6)7-3;/h6H,1-3H3;/q;+1/p-1. The molecule has 8 heavy (non-hydrogen) atoms. The van der Waals surface area contributed by atoms with Gasteiger partial charge in [-0.2, -0.15) is 0 Å². The average molecular weight is 140 g/mol. The molecule has 0 radical (unpaired) electrons. The minimum absolute atomic E-state index is 0. The van der Waals surface area contributed by atoms with Crippen LogP contribution in [0.25, 0.3) is 0 Å². The van der Waals surface area contributed by atoms with Crippen molar-refractivity contribution in [2.45, 2.75) is 13.8 Å². The van der Waals surface area contributed by atoms with Gasteiger partial charge in [-0.1, -0.05) is 5.57 Å². The van der Waals surface area contributed by atoms with Crippen LogP contribution in [-0.4, -0.2) is 7.11 Å². The van der Waals surface area contributed by atoms with Crippen LogP contribution in [0.1, 0.15) is 13.8 Å². The van der Waals surface area contributed by atoms with Crippen LogP contribution >= 0.6 is 0 Å². The molecule has 0 spiro atoms. The van der Waals surface area contributed by atoms with Crippen LogP contribution in [0.5, 0.6) is 0 Å². The van der Waals surface area contributed by atoms with Crippen LogP contribution in [-0.2, 0) is 4.74 Å². The SMILES string of the molecule is COC([O-])=C(C)C.[K+]. The van der Waals surface area contributed by atoms with Gasteiger partial charge in [-0.05, 0) is 21.0 Å². The number of allylic oxidation sites excluding steroid dienone is 1. The van der Waals surface area contributed by atoms with Gasteiger partial charge in [0.1, 0.15) is 0 Å². The van der Waals surface area contributed by atoms with E-state index in [-0.39, 0.29) is 57.3 Å². The fraction of sp³-hybridized carbons (Fsp3) is 0.600. The van der Waals surface area contributed by atoms with Crippen molar-refractivity contribution in [3.05, 3.63) is 11.5 Å². The van der Waals surface area contributed by atoms with E-state index in [1.807, 2.05) is 0 Å². The first kappa shape index (κ1) is 11.7. The Kier molecular flexibility index (Phi) is 8.95. The molecule has 0 aromatic carbocycles. The van der Waals surface area contributed by atoms with E-state index in [1.165, 1.54) is 7.11 Å². The summed E-state index contributed by atoms with van der Waals surface area (Å²) in [7, 11) is 1.37. The third-order valence-corrected chi connectivity index (χ3v) is 0.594. The van der Waals surface area contributed by atoms with Gasteiger partial charge in [0, 0.05) is 5.95 Å². The van der Waals surface area contributed by atoms with Gasteiger partial charge in [-0.15, -0.1) is 0 Å². The summed E-state index contributed by atoms with van der Waals surface area (Å²) in [6.07, 6.45) is 0. The van der Waals surface area contributed by atoms with E-state index in [0.717, 1.165) is 0 Å². The molecule has 0 rings (SSSR count). The zero-order chi connectivity index (χ0) is 5.86. The molecule has 0 N–H and O–H groups in total. The van der Waals surface area contributed by atoms with Gasteiger partial charge in [0.2, 0.25) is 0 Å². The molecule has 2 nitrogen and oxygen atoms in total. The van der Waals surface area contributed by atoms with E-state index in [1.54, 1.807) is 13.8 Å². The van der Waals surface area contributed by atoms with Gasteiger partial charge >= 0.3 is 51.4 Å². The molecule has 0 atom stereocenters. The van der Waals surface area contributed by atoms with Gasteiger partial charge in [-0.3, -0.25) is 0 Å². The van der Waals surface area contributed by atoms with E-state index >= 15 is 0 Å². The third-order valence-electron chi connectivity index (χ3n) is 0.594. The molecule has 42 valence electrons. The normalized spacial score (nSPS) is 6.88. The molecule has 0 fully saturated rings. The Bertz CT molecular complexity index is 84.4. The summed E-state index contributed by atoms with van der Waals surface area (Å²) in [5.41, 5.74) is 0.683. The summed E-state index contributed by atoms with van der Waals surface area (Å²) in [6, 6.07) is 0. The average Bonchev–Trinajstić information content (AvgIpc) is 1.65. The number of ether oxygens (including phenoxy) is 1. The summed E-state index contributed by atoms with van der Waals surface area (Å²) < 4.78 is 4.34. The number of rotatable bonds is 1. The Morgan fingerprint density at radius 2 is 1.75 bits per heavy atom. The minimum atomic E-state index is -0.236. The molecule has 0 unspecified atom stereocenters. The van der Waals surface area contributed by atoms with Crippen LogP contribution in [0.3, 0.4) is 0 Å². The van der Waals surface area contributed by atoms with Crippen LogP contribution in [0.2, 0.25) is 0 Å². The van der Waals surface area contributed by atoms with Crippen molar-refractivity contribution in [2.24, 2.45) is 0 Å². The van der Waals surface area contributed by atoms with E-state index in [9.17, 15) is 5.11 Å². The van der Waals surface area contributed by atoms with E-state index in [4.69, 9.17) is 0 Å². The number of hydrogen-bond donors (Lipinski definition) is 0. The summed E-state index contributed by atoms with van der Waals surface area (Å²) in [5, 5.41) is 10.3. The molecular weight excluding hydrogens is 131 g/mol. The van der Waals surface area contributed by atoms with Crippen LogP contribution in [0.15, 0.2) is 11.5 Å². The maximum atomic E-state index is 10.3. The monoisotopic (exact) mass is 140 g/mol. The summed E-state index contributed by atoms with van der Waals surface area (Å²) in [6.45, 7) is 3.43. The molecule has 0 amide bonds. The molecule has 0 aromatic heterocycles. The van der Waals surface area contributed by atoms with E-state index < -0.39 is 0 Å². The van der Waals surface area contributed by atoms with Crippen LogP contribution in [0.4, 0.5) is 0 Å². The largest absolute Gasteiger partial charge is 1.00 e. The van der Waals surface area contributed by atoms with Gasteiger partial charge in [0.25, 0.3) is 0 Å². The van der Waals surface area contributed by atoms with Gasteiger partial charge < -0.3 is 9.84 Å². The van der Waals surface area contributed by atoms with Crippen molar-refractivity contribution in [3.8, 4) is 0 Å². The molecule has 0 aliphatic carbocycles. The molecule has 0 aromatic rings. The second-order valence-corrected chi connectivity index (χ2v) is 1.49. The fourth-order valence-electron chi connectivity index (χ4n) is 0.204. The second-order valence-electron chi connectivity index (χ2n) is 1.49. The topological polar surface area (TPSA) is 32.3 Å². The number of hydrogen-bond acceptors (Lipinski definition) is 2. The first-order chi connectivity index (χ1) is 3.18. The van der Waals surface area contributed by atoms with Gasteiger partial charge in [0.05, 0.1) is 0 Å². The molecule has 0 saturated carbocycles. The molecule has 0 heterocycles. The zero-order valence-corrected chi connectivity index (χ0v) is 8.94. The molecule has 0 aliphatic heterocycles. The molecule has 3 heteroatoms. The Labute approximate surface area is 92.3 Å². The predicted molar refractivity (Wildman–Crippen MR) is 25.4 cm³/mol. The Morgan fingerprint density at radius 1 is 1.38 bits per heavy atom.